The zero-order chi connectivity index (χ0) is 13.5. The van der Waals surface area contributed by atoms with Crippen molar-refractivity contribution in [3.8, 4) is 16.9 Å². The second kappa shape index (κ2) is 7.28. The fraction of sp³-hybridized carbons (Fsp3) is 0.333. The first-order valence-electron chi connectivity index (χ1n) is 6.27. The monoisotopic (exact) mass is 278 g/mol. The smallest absolute Gasteiger partial charge is 0.120 e. The van der Waals surface area contributed by atoms with E-state index in [4.69, 9.17) is 14.6 Å². The standard InChI is InChI=1S/C15H18O3S/c1-12(17-7-6-16)10-18-15-4-2-3-13(9-15)14-5-8-19-11-14/h2-5,8-9,11-12,16H,6-7,10H2,1H3. The minimum Gasteiger partial charge on any atom is -0.491 e. The molecular formula is C15H18O3S. The second-order valence-corrected chi connectivity index (χ2v) is 5.04. The van der Waals surface area contributed by atoms with Gasteiger partial charge in [0.1, 0.15) is 12.4 Å². The largest absolute Gasteiger partial charge is 0.491 e. The molecule has 1 heterocycles. The Labute approximate surface area is 117 Å². The van der Waals surface area contributed by atoms with Crippen LogP contribution in [0.1, 0.15) is 6.92 Å². The van der Waals surface area contributed by atoms with Crippen molar-refractivity contribution in [2.75, 3.05) is 19.8 Å². The summed E-state index contributed by atoms with van der Waals surface area (Å²) in [4.78, 5) is 0. The molecule has 0 saturated heterocycles. The van der Waals surface area contributed by atoms with Crippen LogP contribution in [-0.4, -0.2) is 31.0 Å². The number of ether oxygens (including phenoxy) is 2. The van der Waals surface area contributed by atoms with Crippen molar-refractivity contribution in [1.29, 1.82) is 0 Å². The fourth-order valence-electron chi connectivity index (χ4n) is 1.71. The lowest BCUT2D eigenvalue weighted by atomic mass is 10.1. The van der Waals surface area contributed by atoms with Crippen LogP contribution in [0.3, 0.4) is 0 Å². The topological polar surface area (TPSA) is 38.7 Å². The van der Waals surface area contributed by atoms with Gasteiger partial charge in [-0.25, -0.2) is 0 Å². The van der Waals surface area contributed by atoms with Gasteiger partial charge in [-0.2, -0.15) is 11.3 Å². The Kier molecular flexibility index (Phi) is 5.39. The highest BCUT2D eigenvalue weighted by Gasteiger charge is 2.04. The molecule has 0 radical (unpaired) electrons. The zero-order valence-electron chi connectivity index (χ0n) is 10.9. The van der Waals surface area contributed by atoms with Crippen LogP contribution in [0.25, 0.3) is 11.1 Å². The maximum atomic E-state index is 8.68. The third kappa shape index (κ3) is 4.35. The molecular weight excluding hydrogens is 260 g/mol. The molecule has 0 aliphatic rings. The van der Waals surface area contributed by atoms with Crippen LogP contribution in [-0.2, 0) is 4.74 Å². The first-order chi connectivity index (χ1) is 9.29. The number of hydrogen-bond donors (Lipinski definition) is 1. The minimum atomic E-state index is -0.0306. The van der Waals surface area contributed by atoms with Gasteiger partial charge < -0.3 is 14.6 Å². The Morgan fingerprint density at radius 2 is 2.16 bits per heavy atom. The van der Waals surface area contributed by atoms with E-state index in [0.717, 1.165) is 11.3 Å². The van der Waals surface area contributed by atoms with Gasteiger partial charge in [0.2, 0.25) is 0 Å². The van der Waals surface area contributed by atoms with E-state index in [1.54, 1.807) is 11.3 Å². The number of aliphatic hydroxyl groups is 1. The van der Waals surface area contributed by atoms with Crippen LogP contribution >= 0.6 is 11.3 Å². The van der Waals surface area contributed by atoms with E-state index in [0.29, 0.717) is 13.2 Å². The van der Waals surface area contributed by atoms with E-state index in [-0.39, 0.29) is 12.7 Å². The molecule has 2 aromatic rings. The van der Waals surface area contributed by atoms with Crippen molar-refractivity contribution in [3.63, 3.8) is 0 Å². The molecule has 0 bridgehead atoms. The maximum absolute atomic E-state index is 8.68. The van der Waals surface area contributed by atoms with Gasteiger partial charge in [-0.3, -0.25) is 0 Å². The molecule has 3 nitrogen and oxygen atoms in total. The molecule has 1 unspecified atom stereocenters. The van der Waals surface area contributed by atoms with Gasteiger partial charge in [0.15, 0.2) is 0 Å². The van der Waals surface area contributed by atoms with Crippen LogP contribution in [0.15, 0.2) is 41.1 Å². The Bertz CT molecular complexity index is 482. The first-order valence-corrected chi connectivity index (χ1v) is 7.22. The van der Waals surface area contributed by atoms with Crippen LogP contribution in [0, 0.1) is 0 Å². The third-order valence-corrected chi connectivity index (χ3v) is 3.35. The quantitative estimate of drug-likeness (QED) is 0.845. The summed E-state index contributed by atoms with van der Waals surface area (Å²) < 4.78 is 11.0. The Hall–Kier alpha value is -1.36. The molecule has 1 N–H and O–H groups in total. The van der Waals surface area contributed by atoms with Gasteiger partial charge in [0.05, 0.1) is 19.3 Å². The lowest BCUT2D eigenvalue weighted by Crippen LogP contribution is -2.19. The SMILES string of the molecule is CC(COc1cccc(-c2ccsc2)c1)OCCO. The Balaban J connectivity index is 1.92. The summed E-state index contributed by atoms with van der Waals surface area (Å²) >= 11 is 1.68. The van der Waals surface area contributed by atoms with Gasteiger partial charge in [0.25, 0.3) is 0 Å². The predicted octanol–water partition coefficient (Wildman–Crippen LogP) is 3.19. The average molecular weight is 278 g/mol. The van der Waals surface area contributed by atoms with Crippen molar-refractivity contribution < 1.29 is 14.6 Å². The first kappa shape index (κ1) is 14.1. The summed E-state index contributed by atoms with van der Waals surface area (Å²) in [7, 11) is 0. The Morgan fingerprint density at radius 3 is 2.89 bits per heavy atom. The third-order valence-electron chi connectivity index (χ3n) is 2.67. The normalized spacial score (nSPS) is 12.3. The number of rotatable bonds is 7. The molecule has 0 saturated carbocycles. The van der Waals surface area contributed by atoms with Crippen molar-refractivity contribution in [3.05, 3.63) is 41.1 Å². The van der Waals surface area contributed by atoms with E-state index >= 15 is 0 Å². The average Bonchev–Trinajstić information content (AvgIpc) is 2.97. The highest BCUT2D eigenvalue weighted by atomic mass is 32.1. The number of aliphatic hydroxyl groups excluding tert-OH is 1. The van der Waals surface area contributed by atoms with Gasteiger partial charge in [0, 0.05) is 0 Å². The fourth-order valence-corrected chi connectivity index (χ4v) is 2.37. The lowest BCUT2D eigenvalue weighted by molar-refractivity contribution is 0.0133. The van der Waals surface area contributed by atoms with E-state index in [1.807, 2.05) is 25.1 Å². The minimum absolute atomic E-state index is 0.0306. The van der Waals surface area contributed by atoms with E-state index in [2.05, 4.69) is 22.9 Å². The van der Waals surface area contributed by atoms with E-state index < -0.39 is 0 Å². The summed E-state index contributed by atoms with van der Waals surface area (Å²) in [5.74, 6) is 0.836. The predicted molar refractivity (Wildman–Crippen MR) is 77.7 cm³/mol. The van der Waals surface area contributed by atoms with Crippen molar-refractivity contribution >= 4 is 11.3 Å². The molecule has 0 amide bonds. The summed E-state index contributed by atoms with van der Waals surface area (Å²) in [6.45, 7) is 2.79. The summed E-state index contributed by atoms with van der Waals surface area (Å²) in [5.41, 5.74) is 2.36. The molecule has 0 aliphatic heterocycles. The summed E-state index contributed by atoms with van der Waals surface area (Å²) in [5, 5.41) is 12.9. The van der Waals surface area contributed by atoms with Crippen LogP contribution in [0.2, 0.25) is 0 Å². The Morgan fingerprint density at radius 1 is 1.26 bits per heavy atom. The molecule has 1 aromatic heterocycles. The molecule has 2 rings (SSSR count). The highest BCUT2D eigenvalue weighted by molar-refractivity contribution is 7.08. The van der Waals surface area contributed by atoms with Gasteiger partial charge in [-0.15, -0.1) is 0 Å². The van der Waals surface area contributed by atoms with Crippen molar-refractivity contribution in [2.24, 2.45) is 0 Å². The number of thiophene rings is 1. The molecule has 19 heavy (non-hydrogen) atoms. The zero-order valence-corrected chi connectivity index (χ0v) is 11.7. The van der Waals surface area contributed by atoms with Crippen LogP contribution in [0.4, 0.5) is 0 Å². The van der Waals surface area contributed by atoms with Crippen molar-refractivity contribution in [1.82, 2.24) is 0 Å². The second-order valence-electron chi connectivity index (χ2n) is 4.26. The summed E-state index contributed by atoms with van der Waals surface area (Å²) in [6.07, 6.45) is -0.0306. The van der Waals surface area contributed by atoms with Crippen LogP contribution < -0.4 is 4.74 Å². The van der Waals surface area contributed by atoms with E-state index in [9.17, 15) is 0 Å². The van der Waals surface area contributed by atoms with Gasteiger partial charge >= 0.3 is 0 Å². The van der Waals surface area contributed by atoms with Crippen molar-refractivity contribution in [2.45, 2.75) is 13.0 Å². The van der Waals surface area contributed by atoms with Gasteiger partial charge in [-0.1, -0.05) is 12.1 Å². The molecule has 0 fully saturated rings. The van der Waals surface area contributed by atoms with E-state index in [1.165, 1.54) is 5.56 Å². The maximum Gasteiger partial charge on any atom is 0.120 e. The highest BCUT2D eigenvalue weighted by Crippen LogP contribution is 2.25. The number of hydrogen-bond acceptors (Lipinski definition) is 4. The molecule has 0 spiro atoms. The molecule has 4 heteroatoms. The summed E-state index contributed by atoms with van der Waals surface area (Å²) in [6, 6.07) is 10.1. The van der Waals surface area contributed by atoms with Gasteiger partial charge in [-0.05, 0) is 47.0 Å². The molecule has 102 valence electrons. The van der Waals surface area contributed by atoms with Crippen LogP contribution in [0.5, 0.6) is 5.75 Å². The molecule has 0 aliphatic carbocycles. The number of benzene rings is 1. The lowest BCUT2D eigenvalue weighted by Gasteiger charge is -2.14. The molecule has 1 atom stereocenters. The molecule has 1 aromatic carbocycles.